The van der Waals surface area contributed by atoms with E-state index >= 15 is 0 Å². The smallest absolute Gasteiger partial charge is 0.342 e. The van der Waals surface area contributed by atoms with Gasteiger partial charge in [0.15, 0.2) is 0 Å². The number of carbonyl (C=O) groups excluding carboxylic acids is 2. The molecule has 12 heteroatoms. The van der Waals surface area contributed by atoms with Crippen molar-refractivity contribution in [2.45, 2.75) is 18.8 Å². The second-order valence-corrected chi connectivity index (χ2v) is 7.36. The summed E-state index contributed by atoms with van der Waals surface area (Å²) in [5.74, 6) is -3.35. The summed E-state index contributed by atoms with van der Waals surface area (Å²) in [5.41, 5.74) is -1.47. The summed E-state index contributed by atoms with van der Waals surface area (Å²) in [4.78, 5) is 24.7. The summed E-state index contributed by atoms with van der Waals surface area (Å²) >= 11 is 6.16. The highest BCUT2D eigenvalue weighted by atomic mass is 35.5. The van der Waals surface area contributed by atoms with E-state index in [1.807, 2.05) is 0 Å². The summed E-state index contributed by atoms with van der Waals surface area (Å²) in [6.45, 7) is -0.215. The van der Waals surface area contributed by atoms with Crippen molar-refractivity contribution in [2.24, 2.45) is 0 Å². The third-order valence-electron chi connectivity index (χ3n) is 4.76. The molecule has 0 fully saturated rings. The number of nitrogens with one attached hydrogen (secondary N) is 2. The molecular formula is C20H12ClF5N4O2. The minimum Gasteiger partial charge on any atom is -0.342 e. The molecule has 2 N–H and O–H groups in total. The Hall–Kier alpha value is -3.47. The molecular weight excluding hydrogens is 459 g/mol. The number of halogens is 6. The Morgan fingerprint density at radius 1 is 1.16 bits per heavy atom. The van der Waals surface area contributed by atoms with E-state index in [2.05, 4.69) is 15.7 Å². The maximum atomic E-state index is 13.8. The first-order valence-corrected chi connectivity index (χ1v) is 9.40. The number of rotatable bonds is 3. The van der Waals surface area contributed by atoms with Crippen LogP contribution in [0.5, 0.6) is 0 Å². The molecule has 0 radical (unpaired) electrons. The highest BCUT2D eigenvalue weighted by Gasteiger charge is 2.34. The van der Waals surface area contributed by atoms with E-state index in [9.17, 15) is 31.5 Å². The average molecular weight is 471 g/mol. The molecule has 0 spiro atoms. The van der Waals surface area contributed by atoms with Gasteiger partial charge in [-0.05, 0) is 36.4 Å². The first kappa shape index (κ1) is 21.8. The van der Waals surface area contributed by atoms with E-state index in [1.54, 1.807) is 0 Å². The Balaban J connectivity index is 1.72. The Morgan fingerprint density at radius 3 is 2.62 bits per heavy atom. The number of fused-ring (bicyclic) bond motifs is 1. The predicted molar refractivity (Wildman–Crippen MR) is 103 cm³/mol. The molecule has 1 aromatic heterocycles. The summed E-state index contributed by atoms with van der Waals surface area (Å²) in [5, 5.41) is 9.13. The van der Waals surface area contributed by atoms with Crippen LogP contribution < -0.4 is 10.6 Å². The van der Waals surface area contributed by atoms with E-state index < -0.39 is 46.8 Å². The molecule has 0 aliphatic carbocycles. The average Bonchev–Trinajstić information content (AvgIpc) is 3.10. The number of aromatic nitrogens is 2. The Kier molecular flexibility index (Phi) is 5.37. The van der Waals surface area contributed by atoms with Gasteiger partial charge in [0, 0.05) is 16.1 Å². The van der Waals surface area contributed by atoms with Crippen molar-refractivity contribution in [2.75, 3.05) is 5.32 Å². The SMILES string of the molecule is O=C1Cn2ncc(NC(=O)c3cc(F)cc(C(F)(F)F)c3)c2C(c2cc(F)ccc2Cl)N1. The zero-order chi connectivity index (χ0) is 23.2. The Morgan fingerprint density at radius 2 is 1.91 bits per heavy atom. The predicted octanol–water partition coefficient (Wildman–Crippen LogP) is 4.31. The first-order chi connectivity index (χ1) is 15.0. The summed E-state index contributed by atoms with van der Waals surface area (Å²) < 4.78 is 67.6. The second-order valence-electron chi connectivity index (χ2n) is 6.95. The lowest BCUT2D eigenvalue weighted by Crippen LogP contribution is -2.40. The first-order valence-electron chi connectivity index (χ1n) is 9.02. The van der Waals surface area contributed by atoms with Gasteiger partial charge < -0.3 is 10.6 Å². The molecule has 0 bridgehead atoms. The number of nitrogens with zero attached hydrogens (tertiary/aromatic N) is 2. The van der Waals surface area contributed by atoms with Crippen LogP contribution in [0, 0.1) is 11.6 Å². The number of anilines is 1. The third-order valence-corrected chi connectivity index (χ3v) is 5.10. The van der Waals surface area contributed by atoms with Crippen molar-refractivity contribution in [3.05, 3.63) is 81.6 Å². The number of carbonyl (C=O) groups is 2. The van der Waals surface area contributed by atoms with Gasteiger partial charge in [0.05, 0.1) is 29.2 Å². The van der Waals surface area contributed by atoms with Gasteiger partial charge in [0.1, 0.15) is 18.2 Å². The molecule has 2 heterocycles. The highest BCUT2D eigenvalue weighted by Crippen LogP contribution is 2.35. The Bertz CT molecular complexity index is 1240. The minimum absolute atomic E-state index is 0.0261. The van der Waals surface area contributed by atoms with E-state index in [4.69, 9.17) is 11.6 Å². The van der Waals surface area contributed by atoms with Gasteiger partial charge in [-0.3, -0.25) is 14.3 Å². The fraction of sp³-hybridized carbons (Fsp3) is 0.150. The van der Waals surface area contributed by atoms with Crippen LogP contribution in [0.15, 0.2) is 42.6 Å². The number of hydrogen-bond acceptors (Lipinski definition) is 3. The van der Waals surface area contributed by atoms with Crippen molar-refractivity contribution >= 4 is 29.1 Å². The molecule has 1 atom stereocenters. The molecule has 2 amide bonds. The standard InChI is InChI=1S/C20H12ClF5N4O2/c21-14-2-1-11(22)6-13(14)17-18-15(7-27-30(18)8-16(31)29-17)28-19(32)9-3-10(20(24,25)26)5-12(23)4-9/h1-7,17H,8H2,(H,28,32)(H,29,31). The Labute approximate surface area is 182 Å². The zero-order valence-electron chi connectivity index (χ0n) is 15.8. The largest absolute Gasteiger partial charge is 0.416 e. The van der Waals surface area contributed by atoms with E-state index in [0.29, 0.717) is 12.1 Å². The van der Waals surface area contributed by atoms with Gasteiger partial charge in [-0.25, -0.2) is 8.78 Å². The van der Waals surface area contributed by atoms with Gasteiger partial charge in [0.2, 0.25) is 5.91 Å². The van der Waals surface area contributed by atoms with E-state index in [0.717, 1.165) is 12.1 Å². The van der Waals surface area contributed by atoms with Crippen LogP contribution in [0.1, 0.15) is 33.2 Å². The van der Waals surface area contributed by atoms with Gasteiger partial charge in [-0.1, -0.05) is 11.6 Å². The molecule has 0 saturated heterocycles. The number of amides is 2. The molecule has 1 unspecified atom stereocenters. The van der Waals surface area contributed by atoms with Crippen LogP contribution >= 0.6 is 11.6 Å². The second kappa shape index (κ2) is 7.90. The van der Waals surface area contributed by atoms with Crippen LogP contribution in [0.4, 0.5) is 27.6 Å². The zero-order valence-corrected chi connectivity index (χ0v) is 16.6. The molecule has 4 rings (SSSR count). The fourth-order valence-electron chi connectivity index (χ4n) is 3.37. The fourth-order valence-corrected chi connectivity index (χ4v) is 3.60. The lowest BCUT2D eigenvalue weighted by molar-refractivity contribution is -0.137. The summed E-state index contributed by atoms with van der Waals surface area (Å²) in [7, 11) is 0. The third kappa shape index (κ3) is 4.15. The van der Waals surface area contributed by atoms with E-state index in [1.165, 1.54) is 16.9 Å². The van der Waals surface area contributed by atoms with Crippen LogP contribution in [0.25, 0.3) is 0 Å². The minimum atomic E-state index is -4.85. The molecule has 32 heavy (non-hydrogen) atoms. The van der Waals surface area contributed by atoms with Crippen molar-refractivity contribution in [1.29, 1.82) is 0 Å². The van der Waals surface area contributed by atoms with Gasteiger partial charge >= 0.3 is 6.18 Å². The number of benzene rings is 2. The lowest BCUT2D eigenvalue weighted by Gasteiger charge is -2.27. The topological polar surface area (TPSA) is 76.0 Å². The molecule has 3 aromatic rings. The quantitative estimate of drug-likeness (QED) is 0.560. The maximum absolute atomic E-state index is 13.8. The van der Waals surface area contributed by atoms with Crippen LogP contribution in [-0.2, 0) is 17.5 Å². The molecule has 1 aliphatic rings. The van der Waals surface area contributed by atoms with Crippen LogP contribution in [0.3, 0.4) is 0 Å². The molecule has 6 nitrogen and oxygen atoms in total. The van der Waals surface area contributed by atoms with Gasteiger partial charge in [0.25, 0.3) is 5.91 Å². The van der Waals surface area contributed by atoms with E-state index in [-0.39, 0.29) is 34.6 Å². The lowest BCUT2D eigenvalue weighted by atomic mass is 10.0. The molecule has 1 aliphatic heterocycles. The number of hydrogen-bond donors (Lipinski definition) is 2. The maximum Gasteiger partial charge on any atom is 0.416 e. The van der Waals surface area contributed by atoms with Gasteiger partial charge in [-0.2, -0.15) is 18.3 Å². The monoisotopic (exact) mass is 470 g/mol. The van der Waals surface area contributed by atoms with Crippen molar-refractivity contribution in [1.82, 2.24) is 15.1 Å². The summed E-state index contributed by atoms with van der Waals surface area (Å²) in [6.07, 6.45) is -3.67. The number of alkyl halides is 3. The summed E-state index contributed by atoms with van der Waals surface area (Å²) in [6, 6.07) is 3.95. The van der Waals surface area contributed by atoms with Crippen molar-refractivity contribution < 1.29 is 31.5 Å². The van der Waals surface area contributed by atoms with Crippen LogP contribution in [0.2, 0.25) is 5.02 Å². The van der Waals surface area contributed by atoms with Crippen LogP contribution in [-0.4, -0.2) is 21.6 Å². The van der Waals surface area contributed by atoms with Crippen molar-refractivity contribution in [3.8, 4) is 0 Å². The highest BCUT2D eigenvalue weighted by molar-refractivity contribution is 6.31. The molecule has 0 saturated carbocycles. The molecule has 2 aromatic carbocycles. The normalized spacial score (nSPS) is 15.8. The van der Waals surface area contributed by atoms with Gasteiger partial charge in [-0.15, -0.1) is 0 Å². The van der Waals surface area contributed by atoms with Crippen molar-refractivity contribution in [3.63, 3.8) is 0 Å². The molecule has 166 valence electrons.